The zero-order valence-corrected chi connectivity index (χ0v) is 9.89. The standard InChI is InChI=1S/C14H8F6/c15-13(16,17)11-5-1-3-9(7-11)10-4-2-6-12(8-10)14(18,19)20/h1-8H. The molecule has 0 saturated heterocycles. The van der Waals surface area contributed by atoms with Crippen LogP contribution in [0.5, 0.6) is 0 Å². The normalized spacial score (nSPS) is 12.5. The van der Waals surface area contributed by atoms with Gasteiger partial charge in [0.05, 0.1) is 11.1 Å². The van der Waals surface area contributed by atoms with Crippen LogP contribution in [0.15, 0.2) is 48.5 Å². The smallest absolute Gasteiger partial charge is 0.166 e. The Morgan fingerprint density at radius 2 is 0.900 bits per heavy atom. The number of benzene rings is 2. The van der Waals surface area contributed by atoms with Gasteiger partial charge in [-0.05, 0) is 35.4 Å². The number of rotatable bonds is 1. The maximum atomic E-state index is 12.6. The molecule has 0 heterocycles. The van der Waals surface area contributed by atoms with E-state index in [4.69, 9.17) is 0 Å². The molecule has 0 N–H and O–H groups in total. The van der Waals surface area contributed by atoms with Crippen molar-refractivity contribution in [2.24, 2.45) is 0 Å². The monoisotopic (exact) mass is 290 g/mol. The fourth-order valence-corrected chi connectivity index (χ4v) is 1.75. The lowest BCUT2D eigenvalue weighted by Crippen LogP contribution is -2.05. The molecule has 0 saturated carbocycles. The summed E-state index contributed by atoms with van der Waals surface area (Å²) in [5.74, 6) is 0. The van der Waals surface area contributed by atoms with Gasteiger partial charge in [0.15, 0.2) is 0 Å². The third-order valence-corrected chi connectivity index (χ3v) is 2.71. The second-order valence-electron chi connectivity index (χ2n) is 4.16. The van der Waals surface area contributed by atoms with Gasteiger partial charge >= 0.3 is 12.4 Å². The molecule has 0 aliphatic rings. The molecule has 0 aromatic heterocycles. The predicted molar refractivity (Wildman–Crippen MR) is 61.9 cm³/mol. The highest BCUT2D eigenvalue weighted by molar-refractivity contribution is 5.65. The zero-order chi connectivity index (χ0) is 15.0. The average molecular weight is 290 g/mol. The van der Waals surface area contributed by atoms with Crippen LogP contribution in [0, 0.1) is 0 Å². The van der Waals surface area contributed by atoms with Gasteiger partial charge in [0, 0.05) is 0 Å². The van der Waals surface area contributed by atoms with Gasteiger partial charge < -0.3 is 0 Å². The first-order valence-corrected chi connectivity index (χ1v) is 5.53. The highest BCUT2D eigenvalue weighted by Gasteiger charge is 2.32. The van der Waals surface area contributed by atoms with Crippen LogP contribution in [0.1, 0.15) is 11.1 Å². The quantitative estimate of drug-likeness (QED) is 0.618. The summed E-state index contributed by atoms with van der Waals surface area (Å²) in [4.78, 5) is 0. The third-order valence-electron chi connectivity index (χ3n) is 2.71. The van der Waals surface area contributed by atoms with Crippen LogP contribution in [0.4, 0.5) is 26.3 Å². The molecule has 106 valence electrons. The van der Waals surface area contributed by atoms with Gasteiger partial charge in [-0.2, -0.15) is 26.3 Å². The first kappa shape index (κ1) is 14.4. The molecule has 0 spiro atoms. The number of hydrogen-bond donors (Lipinski definition) is 0. The molecule has 2 aromatic rings. The van der Waals surface area contributed by atoms with E-state index < -0.39 is 23.5 Å². The predicted octanol–water partition coefficient (Wildman–Crippen LogP) is 5.39. The summed E-state index contributed by atoms with van der Waals surface area (Å²) in [6.45, 7) is 0. The molecule has 0 fully saturated rings. The number of alkyl halides is 6. The van der Waals surface area contributed by atoms with Gasteiger partial charge in [0.2, 0.25) is 0 Å². The van der Waals surface area contributed by atoms with E-state index in [1.807, 2.05) is 0 Å². The summed E-state index contributed by atoms with van der Waals surface area (Å²) in [5.41, 5.74) is -1.61. The summed E-state index contributed by atoms with van der Waals surface area (Å²) in [6, 6.07) is 8.41. The molecule has 0 bridgehead atoms. The van der Waals surface area contributed by atoms with Crippen molar-refractivity contribution in [1.29, 1.82) is 0 Å². The van der Waals surface area contributed by atoms with Crippen molar-refractivity contribution in [3.8, 4) is 11.1 Å². The van der Waals surface area contributed by atoms with E-state index in [1.54, 1.807) is 0 Å². The molecule has 2 rings (SSSR count). The summed E-state index contributed by atoms with van der Waals surface area (Å²) in [5, 5.41) is 0. The van der Waals surface area contributed by atoms with Gasteiger partial charge in [-0.25, -0.2) is 0 Å². The Balaban J connectivity index is 2.47. The second-order valence-corrected chi connectivity index (χ2v) is 4.16. The molecule has 0 amide bonds. The fraction of sp³-hybridized carbons (Fsp3) is 0.143. The summed E-state index contributed by atoms with van der Waals surface area (Å²) in [7, 11) is 0. The number of hydrogen-bond acceptors (Lipinski definition) is 0. The largest absolute Gasteiger partial charge is 0.416 e. The van der Waals surface area contributed by atoms with Crippen molar-refractivity contribution >= 4 is 0 Å². The van der Waals surface area contributed by atoms with Crippen molar-refractivity contribution in [2.45, 2.75) is 12.4 Å². The molecule has 0 aliphatic heterocycles. The minimum absolute atomic E-state index is 0.0888. The Bertz CT molecular complexity index is 554. The van der Waals surface area contributed by atoms with E-state index in [1.165, 1.54) is 24.3 Å². The van der Waals surface area contributed by atoms with Gasteiger partial charge in [0.1, 0.15) is 0 Å². The minimum Gasteiger partial charge on any atom is -0.166 e. The van der Waals surface area contributed by atoms with E-state index in [-0.39, 0.29) is 11.1 Å². The Hall–Kier alpha value is -1.98. The first-order valence-electron chi connectivity index (χ1n) is 5.53. The maximum Gasteiger partial charge on any atom is 0.416 e. The van der Waals surface area contributed by atoms with Crippen LogP contribution < -0.4 is 0 Å². The molecule has 20 heavy (non-hydrogen) atoms. The SMILES string of the molecule is FC(F)(F)c1cccc(-c2cccc(C(F)(F)F)c2)c1. The summed E-state index contributed by atoms with van der Waals surface area (Å²) >= 11 is 0. The fourth-order valence-electron chi connectivity index (χ4n) is 1.75. The van der Waals surface area contributed by atoms with Crippen molar-refractivity contribution in [3.63, 3.8) is 0 Å². The molecule has 0 atom stereocenters. The maximum absolute atomic E-state index is 12.6. The van der Waals surface area contributed by atoms with Crippen LogP contribution in [0.2, 0.25) is 0 Å². The van der Waals surface area contributed by atoms with Crippen LogP contribution >= 0.6 is 0 Å². The Labute approximate surface area is 110 Å². The number of halogens is 6. The molecule has 0 radical (unpaired) electrons. The second kappa shape index (κ2) is 4.85. The van der Waals surface area contributed by atoms with E-state index in [9.17, 15) is 26.3 Å². The van der Waals surface area contributed by atoms with Crippen LogP contribution in [0.25, 0.3) is 11.1 Å². The lowest BCUT2D eigenvalue weighted by molar-refractivity contribution is -0.138. The molecule has 6 heteroatoms. The Morgan fingerprint density at radius 1 is 0.550 bits per heavy atom. The highest BCUT2D eigenvalue weighted by Crippen LogP contribution is 2.34. The molecule has 0 aliphatic carbocycles. The first-order chi connectivity index (χ1) is 9.18. The zero-order valence-electron chi connectivity index (χ0n) is 9.89. The molecular formula is C14H8F6. The highest BCUT2D eigenvalue weighted by atomic mass is 19.4. The lowest BCUT2D eigenvalue weighted by atomic mass is 10.0. The van der Waals surface area contributed by atoms with Crippen LogP contribution in [-0.4, -0.2) is 0 Å². The van der Waals surface area contributed by atoms with E-state index in [2.05, 4.69) is 0 Å². The summed E-state index contributed by atoms with van der Waals surface area (Å²) < 4.78 is 75.4. The van der Waals surface area contributed by atoms with Gasteiger partial charge in [-0.15, -0.1) is 0 Å². The van der Waals surface area contributed by atoms with Crippen molar-refractivity contribution < 1.29 is 26.3 Å². The topological polar surface area (TPSA) is 0 Å². The molecule has 2 aromatic carbocycles. The third kappa shape index (κ3) is 3.12. The van der Waals surface area contributed by atoms with Crippen LogP contribution in [-0.2, 0) is 12.4 Å². The minimum atomic E-state index is -4.53. The Morgan fingerprint density at radius 3 is 1.20 bits per heavy atom. The van der Waals surface area contributed by atoms with E-state index >= 15 is 0 Å². The Kier molecular flexibility index (Phi) is 3.50. The van der Waals surface area contributed by atoms with Crippen molar-refractivity contribution in [1.82, 2.24) is 0 Å². The van der Waals surface area contributed by atoms with Crippen molar-refractivity contribution in [2.75, 3.05) is 0 Å². The van der Waals surface area contributed by atoms with Crippen molar-refractivity contribution in [3.05, 3.63) is 59.7 Å². The van der Waals surface area contributed by atoms with Gasteiger partial charge in [-0.3, -0.25) is 0 Å². The van der Waals surface area contributed by atoms with E-state index in [0.29, 0.717) is 0 Å². The van der Waals surface area contributed by atoms with Crippen LogP contribution in [0.3, 0.4) is 0 Å². The van der Waals surface area contributed by atoms with E-state index in [0.717, 1.165) is 24.3 Å². The summed E-state index contributed by atoms with van der Waals surface area (Å²) in [6.07, 6.45) is -9.06. The molecule has 0 nitrogen and oxygen atoms in total. The average Bonchev–Trinajstić information content (AvgIpc) is 2.37. The molecule has 0 unspecified atom stereocenters. The van der Waals surface area contributed by atoms with Gasteiger partial charge in [0.25, 0.3) is 0 Å². The lowest BCUT2D eigenvalue weighted by Gasteiger charge is -2.11. The van der Waals surface area contributed by atoms with Gasteiger partial charge in [-0.1, -0.05) is 24.3 Å². The molecular weight excluding hydrogens is 282 g/mol.